The first-order valence-corrected chi connectivity index (χ1v) is 8.76. The van der Waals surface area contributed by atoms with Crippen LogP contribution in [0.1, 0.15) is 22.8 Å². The van der Waals surface area contributed by atoms with Crippen LogP contribution in [0.3, 0.4) is 0 Å². The molecule has 0 spiro atoms. The van der Waals surface area contributed by atoms with Crippen LogP contribution in [0, 0.1) is 6.92 Å². The molecule has 3 rings (SSSR count). The van der Waals surface area contributed by atoms with Gasteiger partial charge in [-0.3, -0.25) is 9.59 Å². The van der Waals surface area contributed by atoms with Gasteiger partial charge in [-0.2, -0.15) is 0 Å². The molecule has 0 radical (unpaired) electrons. The number of nitrogens with one attached hydrogen (secondary N) is 1. The Balaban J connectivity index is 1.66. The Bertz CT molecular complexity index is 830. The topological polar surface area (TPSA) is 87.7 Å². The molecule has 1 N–H and O–H groups in total. The molecule has 2 amide bonds. The number of nitrogens with zero attached hydrogens (tertiary/aromatic N) is 4. The summed E-state index contributed by atoms with van der Waals surface area (Å²) >= 11 is 0. The van der Waals surface area contributed by atoms with Crippen molar-refractivity contribution in [2.24, 2.45) is 0 Å². The van der Waals surface area contributed by atoms with E-state index in [1.165, 1.54) is 12.4 Å². The summed E-state index contributed by atoms with van der Waals surface area (Å²) in [6, 6.07) is 5.77. The van der Waals surface area contributed by atoms with E-state index in [4.69, 9.17) is 4.74 Å². The molecule has 0 saturated carbocycles. The number of hydrogen-bond acceptors (Lipinski definition) is 6. The minimum Gasteiger partial charge on any atom is -0.495 e. The molecule has 1 saturated heterocycles. The number of methoxy groups -OCH3 is 1. The smallest absolute Gasteiger partial charge is 0.257 e. The van der Waals surface area contributed by atoms with Gasteiger partial charge in [-0.1, -0.05) is 6.07 Å². The van der Waals surface area contributed by atoms with Gasteiger partial charge < -0.3 is 19.9 Å². The van der Waals surface area contributed by atoms with Gasteiger partial charge in [0.25, 0.3) is 5.91 Å². The number of benzene rings is 1. The zero-order valence-electron chi connectivity index (χ0n) is 15.7. The number of anilines is 2. The van der Waals surface area contributed by atoms with E-state index < -0.39 is 0 Å². The lowest BCUT2D eigenvalue weighted by atomic mass is 10.2. The summed E-state index contributed by atoms with van der Waals surface area (Å²) in [5, 5.41) is 3.11. The van der Waals surface area contributed by atoms with Crippen LogP contribution in [0.15, 0.2) is 30.6 Å². The van der Waals surface area contributed by atoms with Crippen LogP contribution in [0.4, 0.5) is 11.6 Å². The third-order valence-corrected chi connectivity index (χ3v) is 4.51. The maximum Gasteiger partial charge on any atom is 0.257 e. The van der Waals surface area contributed by atoms with Gasteiger partial charge in [0, 0.05) is 45.5 Å². The predicted octanol–water partition coefficient (Wildman–Crippen LogP) is 1.84. The van der Waals surface area contributed by atoms with Crippen LogP contribution in [-0.2, 0) is 4.79 Å². The summed E-state index contributed by atoms with van der Waals surface area (Å²) in [5.41, 5.74) is 2.26. The molecule has 8 heteroatoms. The highest BCUT2D eigenvalue weighted by molar-refractivity contribution is 5.94. The van der Waals surface area contributed by atoms with Crippen molar-refractivity contribution in [3.05, 3.63) is 41.7 Å². The molecule has 1 aromatic heterocycles. The number of hydrogen-bond donors (Lipinski definition) is 1. The fourth-order valence-electron chi connectivity index (χ4n) is 2.95. The minimum absolute atomic E-state index is 0.0347. The highest BCUT2D eigenvalue weighted by atomic mass is 16.5. The van der Waals surface area contributed by atoms with E-state index in [-0.39, 0.29) is 11.8 Å². The van der Waals surface area contributed by atoms with Crippen molar-refractivity contribution in [1.82, 2.24) is 19.8 Å². The minimum atomic E-state index is -0.127. The summed E-state index contributed by atoms with van der Waals surface area (Å²) in [7, 11) is 1.60. The number of carbonyl (C=O) groups is 2. The summed E-state index contributed by atoms with van der Waals surface area (Å²) in [6.07, 6.45) is 3.02. The average molecular weight is 369 g/mol. The van der Waals surface area contributed by atoms with E-state index in [9.17, 15) is 9.59 Å². The van der Waals surface area contributed by atoms with Crippen LogP contribution in [0.25, 0.3) is 0 Å². The van der Waals surface area contributed by atoms with Gasteiger partial charge in [0.2, 0.25) is 11.9 Å². The molecule has 1 aromatic carbocycles. The number of carbonyl (C=O) groups excluding carboxylic acids is 2. The summed E-state index contributed by atoms with van der Waals surface area (Å²) in [6.45, 7) is 5.65. The third-order valence-electron chi connectivity index (χ3n) is 4.51. The summed E-state index contributed by atoms with van der Waals surface area (Å²) < 4.78 is 5.33. The number of amides is 2. The van der Waals surface area contributed by atoms with Crippen molar-refractivity contribution in [2.45, 2.75) is 13.8 Å². The zero-order valence-corrected chi connectivity index (χ0v) is 15.7. The normalized spacial score (nSPS) is 14.0. The first-order chi connectivity index (χ1) is 13.0. The molecular weight excluding hydrogens is 346 g/mol. The van der Waals surface area contributed by atoms with E-state index in [1.54, 1.807) is 23.8 Å². The lowest BCUT2D eigenvalue weighted by Crippen LogP contribution is -2.50. The number of piperazine rings is 1. The largest absolute Gasteiger partial charge is 0.495 e. The molecule has 27 heavy (non-hydrogen) atoms. The van der Waals surface area contributed by atoms with Crippen molar-refractivity contribution < 1.29 is 14.3 Å². The Hall–Kier alpha value is -3.16. The van der Waals surface area contributed by atoms with Crippen molar-refractivity contribution in [3.8, 4) is 5.75 Å². The van der Waals surface area contributed by atoms with Gasteiger partial charge in [-0.05, 0) is 24.6 Å². The number of aromatic nitrogens is 2. The highest BCUT2D eigenvalue weighted by Gasteiger charge is 2.23. The number of aryl methyl sites for hydroxylation is 1. The van der Waals surface area contributed by atoms with Gasteiger partial charge >= 0.3 is 0 Å². The van der Waals surface area contributed by atoms with Crippen molar-refractivity contribution in [3.63, 3.8) is 0 Å². The molecule has 1 aliphatic heterocycles. The standard InChI is InChI=1S/C19H23N5O3/c1-13-4-5-17(27-3)16(10-13)22-19-20-11-15(12-21-19)18(26)24-8-6-23(7-9-24)14(2)25/h4-5,10-12H,6-9H2,1-3H3,(H,20,21,22). The average Bonchev–Trinajstić information content (AvgIpc) is 2.68. The first kappa shape index (κ1) is 18.6. The summed E-state index contributed by atoms with van der Waals surface area (Å²) in [4.78, 5) is 35.9. The van der Waals surface area contributed by atoms with Crippen molar-refractivity contribution in [2.75, 3.05) is 38.6 Å². The zero-order chi connectivity index (χ0) is 19.4. The Kier molecular flexibility index (Phi) is 5.54. The Morgan fingerprint density at radius 3 is 2.30 bits per heavy atom. The van der Waals surface area contributed by atoms with Gasteiger partial charge in [0.15, 0.2) is 0 Å². The molecule has 2 heterocycles. The number of ether oxygens (including phenoxy) is 1. The molecule has 1 fully saturated rings. The lowest BCUT2D eigenvalue weighted by Gasteiger charge is -2.34. The van der Waals surface area contributed by atoms with E-state index in [0.717, 1.165) is 11.3 Å². The lowest BCUT2D eigenvalue weighted by molar-refractivity contribution is -0.130. The maximum atomic E-state index is 12.6. The monoisotopic (exact) mass is 369 g/mol. The van der Waals surface area contributed by atoms with Crippen LogP contribution in [0.5, 0.6) is 5.75 Å². The molecule has 8 nitrogen and oxygen atoms in total. The Morgan fingerprint density at radius 1 is 1.07 bits per heavy atom. The predicted molar refractivity (Wildman–Crippen MR) is 101 cm³/mol. The molecule has 0 aliphatic carbocycles. The van der Waals surface area contributed by atoms with Gasteiger partial charge in [-0.15, -0.1) is 0 Å². The molecule has 1 aliphatic rings. The highest BCUT2D eigenvalue weighted by Crippen LogP contribution is 2.27. The van der Waals surface area contributed by atoms with Crippen LogP contribution in [0.2, 0.25) is 0 Å². The molecular formula is C19H23N5O3. The van der Waals surface area contributed by atoms with E-state index >= 15 is 0 Å². The van der Waals surface area contributed by atoms with Crippen molar-refractivity contribution >= 4 is 23.5 Å². The molecule has 0 unspecified atom stereocenters. The first-order valence-electron chi connectivity index (χ1n) is 8.76. The SMILES string of the molecule is COc1ccc(C)cc1Nc1ncc(C(=O)N2CCN(C(C)=O)CC2)cn1. The third kappa shape index (κ3) is 4.33. The molecule has 0 atom stereocenters. The van der Waals surface area contributed by atoms with Crippen molar-refractivity contribution in [1.29, 1.82) is 0 Å². The molecule has 2 aromatic rings. The van der Waals surface area contributed by atoms with Gasteiger partial charge in [-0.25, -0.2) is 9.97 Å². The van der Waals surface area contributed by atoms with E-state index in [0.29, 0.717) is 43.4 Å². The second-order valence-corrected chi connectivity index (χ2v) is 6.42. The Morgan fingerprint density at radius 2 is 1.70 bits per heavy atom. The van der Waals surface area contributed by atoms with Crippen LogP contribution in [-0.4, -0.2) is 64.9 Å². The van der Waals surface area contributed by atoms with E-state index in [1.807, 2.05) is 25.1 Å². The fourth-order valence-corrected chi connectivity index (χ4v) is 2.95. The van der Waals surface area contributed by atoms with Crippen LogP contribution >= 0.6 is 0 Å². The van der Waals surface area contributed by atoms with Crippen LogP contribution < -0.4 is 10.1 Å². The summed E-state index contributed by atoms with van der Waals surface area (Å²) in [5.74, 6) is 0.981. The quantitative estimate of drug-likeness (QED) is 0.885. The van der Waals surface area contributed by atoms with Gasteiger partial charge in [0.1, 0.15) is 5.75 Å². The fraction of sp³-hybridized carbons (Fsp3) is 0.368. The van der Waals surface area contributed by atoms with Gasteiger partial charge in [0.05, 0.1) is 18.4 Å². The second-order valence-electron chi connectivity index (χ2n) is 6.42. The Labute approximate surface area is 158 Å². The molecule has 142 valence electrons. The molecule has 0 bridgehead atoms. The second kappa shape index (κ2) is 8.03. The van der Waals surface area contributed by atoms with E-state index in [2.05, 4.69) is 15.3 Å². The maximum absolute atomic E-state index is 12.6. The number of rotatable bonds is 4.